The van der Waals surface area contributed by atoms with Crippen LogP contribution in [-0.4, -0.2) is 46.0 Å². The number of benzene rings is 1. The highest BCUT2D eigenvalue weighted by Gasteiger charge is 2.37. The monoisotopic (exact) mass is 431 g/mol. The fourth-order valence-electron chi connectivity index (χ4n) is 5.20. The zero-order valence-corrected chi connectivity index (χ0v) is 18.2. The molecular formula is C26H29N3O3. The molecule has 2 atom stereocenters. The van der Waals surface area contributed by atoms with Crippen molar-refractivity contribution in [3.63, 3.8) is 0 Å². The molecule has 3 aromatic rings. The van der Waals surface area contributed by atoms with Crippen LogP contribution in [0.1, 0.15) is 41.1 Å². The van der Waals surface area contributed by atoms with Gasteiger partial charge in [0.15, 0.2) is 5.76 Å². The van der Waals surface area contributed by atoms with Crippen molar-refractivity contribution in [3.05, 3.63) is 94.3 Å². The number of piperidine rings is 2. The zero-order valence-electron chi connectivity index (χ0n) is 18.2. The van der Waals surface area contributed by atoms with Crippen LogP contribution >= 0.6 is 0 Å². The molecule has 0 radical (unpaired) electrons. The Morgan fingerprint density at radius 2 is 1.78 bits per heavy atom. The van der Waals surface area contributed by atoms with Gasteiger partial charge >= 0.3 is 0 Å². The van der Waals surface area contributed by atoms with Crippen molar-refractivity contribution in [2.75, 3.05) is 19.6 Å². The van der Waals surface area contributed by atoms with Gasteiger partial charge in [-0.2, -0.15) is 0 Å². The summed E-state index contributed by atoms with van der Waals surface area (Å²) in [7, 11) is 0. The lowest BCUT2D eigenvalue weighted by Crippen LogP contribution is -2.54. The number of furan rings is 1. The summed E-state index contributed by atoms with van der Waals surface area (Å²) >= 11 is 0. The summed E-state index contributed by atoms with van der Waals surface area (Å²) < 4.78 is 7.40. The van der Waals surface area contributed by atoms with E-state index in [4.69, 9.17) is 4.42 Å². The Labute approximate surface area is 188 Å². The van der Waals surface area contributed by atoms with Crippen LogP contribution in [0.5, 0.6) is 0 Å². The maximum atomic E-state index is 13.1. The molecule has 4 heterocycles. The Morgan fingerprint density at radius 3 is 2.62 bits per heavy atom. The molecule has 6 heteroatoms. The summed E-state index contributed by atoms with van der Waals surface area (Å²) in [5.41, 5.74) is 1.27. The number of amides is 1. The minimum Gasteiger partial charge on any atom is -0.454 e. The first-order chi connectivity index (χ1) is 15.7. The zero-order chi connectivity index (χ0) is 21.9. The molecule has 2 fully saturated rings. The molecule has 32 heavy (non-hydrogen) atoms. The van der Waals surface area contributed by atoms with E-state index in [1.165, 1.54) is 24.5 Å². The second-order valence-electron chi connectivity index (χ2n) is 8.90. The molecule has 0 aliphatic carbocycles. The molecule has 166 valence electrons. The highest BCUT2D eigenvalue weighted by Crippen LogP contribution is 2.32. The topological polar surface area (TPSA) is 58.7 Å². The lowest BCUT2D eigenvalue weighted by Gasteiger charge is -2.47. The largest absolute Gasteiger partial charge is 0.454 e. The fraction of sp³-hybridized carbons (Fsp3) is 0.385. The lowest BCUT2D eigenvalue weighted by atomic mass is 9.83. The van der Waals surface area contributed by atoms with Gasteiger partial charge < -0.3 is 13.9 Å². The lowest BCUT2D eigenvalue weighted by molar-refractivity contribution is 0.0160. The van der Waals surface area contributed by atoms with Crippen LogP contribution in [0.2, 0.25) is 0 Å². The first kappa shape index (κ1) is 20.8. The average Bonchev–Trinajstić information content (AvgIpc) is 3.29. The van der Waals surface area contributed by atoms with Gasteiger partial charge in [0.25, 0.3) is 11.5 Å². The van der Waals surface area contributed by atoms with Gasteiger partial charge in [0.2, 0.25) is 0 Å². The first-order valence-electron chi connectivity index (χ1n) is 11.5. The van der Waals surface area contributed by atoms with Crippen LogP contribution in [0, 0.1) is 5.92 Å². The maximum absolute atomic E-state index is 13.1. The highest BCUT2D eigenvalue weighted by molar-refractivity contribution is 5.91. The van der Waals surface area contributed by atoms with Gasteiger partial charge in [0.1, 0.15) is 5.76 Å². The Bertz CT molecular complexity index is 1120. The summed E-state index contributed by atoms with van der Waals surface area (Å²) in [5, 5.41) is 0. The van der Waals surface area contributed by atoms with E-state index in [1.807, 2.05) is 11.0 Å². The van der Waals surface area contributed by atoms with Crippen molar-refractivity contribution in [1.29, 1.82) is 0 Å². The van der Waals surface area contributed by atoms with E-state index in [0.717, 1.165) is 32.6 Å². The van der Waals surface area contributed by atoms with E-state index in [1.54, 1.807) is 29.0 Å². The molecular weight excluding hydrogens is 402 g/mol. The summed E-state index contributed by atoms with van der Waals surface area (Å²) in [6.07, 6.45) is 5.06. The first-order valence-corrected chi connectivity index (χ1v) is 11.5. The number of carbonyl (C=O) groups excluding carboxylic acids is 1. The van der Waals surface area contributed by atoms with Crippen molar-refractivity contribution in [3.8, 4) is 0 Å². The molecule has 0 spiro atoms. The number of likely N-dealkylation sites (tertiary alicyclic amines) is 2. The second-order valence-corrected chi connectivity index (χ2v) is 8.90. The highest BCUT2D eigenvalue weighted by atomic mass is 16.4. The third-order valence-corrected chi connectivity index (χ3v) is 6.80. The predicted molar refractivity (Wildman–Crippen MR) is 122 cm³/mol. The molecule has 0 bridgehead atoms. The van der Waals surface area contributed by atoms with Crippen molar-refractivity contribution in [1.82, 2.24) is 14.4 Å². The SMILES string of the molecule is O=C(c1ccc(Cn2ccccc2=O)o1)N1CCC2C(CCCN2Cc2ccccc2)C1. The molecule has 6 nitrogen and oxygen atoms in total. The smallest absolute Gasteiger partial charge is 0.289 e. The number of hydrogen-bond acceptors (Lipinski definition) is 4. The number of carbonyl (C=O) groups is 1. The van der Waals surface area contributed by atoms with Crippen molar-refractivity contribution in [2.24, 2.45) is 5.92 Å². The van der Waals surface area contributed by atoms with Gasteiger partial charge in [-0.3, -0.25) is 14.5 Å². The normalized spacial score (nSPS) is 21.3. The molecule has 2 unspecified atom stereocenters. The number of nitrogens with zero attached hydrogens (tertiary/aromatic N) is 3. The van der Waals surface area contributed by atoms with E-state index in [0.29, 0.717) is 30.0 Å². The van der Waals surface area contributed by atoms with E-state index >= 15 is 0 Å². The molecule has 2 aliphatic heterocycles. The van der Waals surface area contributed by atoms with Crippen molar-refractivity contribution in [2.45, 2.75) is 38.4 Å². The minimum absolute atomic E-state index is 0.0460. The van der Waals surface area contributed by atoms with Crippen LogP contribution < -0.4 is 5.56 Å². The van der Waals surface area contributed by atoms with Crippen LogP contribution in [0.4, 0.5) is 0 Å². The van der Waals surface area contributed by atoms with Gasteiger partial charge in [-0.05, 0) is 55.5 Å². The van der Waals surface area contributed by atoms with Crippen LogP contribution in [0.3, 0.4) is 0 Å². The summed E-state index contributed by atoms with van der Waals surface area (Å²) in [5.74, 6) is 1.43. The molecule has 5 rings (SSSR count). The molecule has 0 saturated carbocycles. The predicted octanol–water partition coefficient (Wildman–Crippen LogP) is 3.62. The number of aromatic nitrogens is 1. The Hall–Kier alpha value is -3.12. The number of rotatable bonds is 5. The van der Waals surface area contributed by atoms with Crippen molar-refractivity contribution >= 4 is 5.91 Å². The van der Waals surface area contributed by atoms with Crippen LogP contribution in [0.15, 0.2) is 76.1 Å². The van der Waals surface area contributed by atoms with E-state index in [2.05, 4.69) is 35.2 Å². The molecule has 0 N–H and O–H groups in total. The van der Waals surface area contributed by atoms with E-state index in [-0.39, 0.29) is 11.5 Å². The van der Waals surface area contributed by atoms with Gasteiger partial charge in [0, 0.05) is 37.9 Å². The average molecular weight is 432 g/mol. The number of pyridine rings is 1. The quantitative estimate of drug-likeness (QED) is 0.619. The third-order valence-electron chi connectivity index (χ3n) is 6.80. The summed E-state index contributed by atoms with van der Waals surface area (Å²) in [4.78, 5) is 29.6. The molecule has 1 aromatic carbocycles. The standard InChI is InChI=1S/C26H29N3O3/c30-25-10-4-5-14-28(25)19-22-11-12-24(32-22)26(31)29-16-13-23-21(18-29)9-6-15-27(23)17-20-7-2-1-3-8-20/h1-5,7-8,10-12,14,21,23H,6,9,13,15-19H2. The summed E-state index contributed by atoms with van der Waals surface area (Å²) in [6.45, 7) is 3.97. The maximum Gasteiger partial charge on any atom is 0.289 e. The van der Waals surface area contributed by atoms with Crippen molar-refractivity contribution < 1.29 is 9.21 Å². The molecule has 2 aromatic heterocycles. The minimum atomic E-state index is -0.0868. The molecule has 2 saturated heterocycles. The summed E-state index contributed by atoms with van der Waals surface area (Å²) in [6, 6.07) is 19.8. The van der Waals surface area contributed by atoms with Gasteiger partial charge in [-0.15, -0.1) is 0 Å². The number of hydrogen-bond donors (Lipinski definition) is 0. The van der Waals surface area contributed by atoms with Gasteiger partial charge in [-0.1, -0.05) is 36.4 Å². The molecule has 2 aliphatic rings. The van der Waals surface area contributed by atoms with Gasteiger partial charge in [0.05, 0.1) is 6.54 Å². The van der Waals surface area contributed by atoms with Gasteiger partial charge in [-0.25, -0.2) is 0 Å². The Kier molecular flexibility index (Phi) is 5.95. The molecule has 1 amide bonds. The fourth-order valence-corrected chi connectivity index (χ4v) is 5.20. The van der Waals surface area contributed by atoms with E-state index < -0.39 is 0 Å². The Balaban J connectivity index is 1.23. The van der Waals surface area contributed by atoms with Crippen LogP contribution in [0.25, 0.3) is 0 Å². The Morgan fingerprint density at radius 1 is 0.938 bits per heavy atom. The second kappa shape index (κ2) is 9.17. The van der Waals surface area contributed by atoms with E-state index in [9.17, 15) is 9.59 Å². The van der Waals surface area contributed by atoms with Crippen LogP contribution in [-0.2, 0) is 13.1 Å². The number of fused-ring (bicyclic) bond motifs is 1. The third kappa shape index (κ3) is 4.41.